The van der Waals surface area contributed by atoms with Gasteiger partial charge < -0.3 is 4.90 Å². The van der Waals surface area contributed by atoms with Gasteiger partial charge in [-0.15, -0.1) is 0 Å². The summed E-state index contributed by atoms with van der Waals surface area (Å²) in [7, 11) is 0. The molecular formula is C24H27N. The minimum atomic E-state index is 0.150. The van der Waals surface area contributed by atoms with Crippen LogP contribution in [0, 0.1) is 13.8 Å². The van der Waals surface area contributed by atoms with E-state index in [2.05, 4.69) is 112 Å². The van der Waals surface area contributed by atoms with Crippen LogP contribution in [-0.2, 0) is 5.41 Å². The third-order valence-electron chi connectivity index (χ3n) is 4.55. The number of para-hydroxylation sites is 2. The van der Waals surface area contributed by atoms with E-state index in [4.69, 9.17) is 0 Å². The molecule has 0 fully saturated rings. The first-order valence-corrected chi connectivity index (χ1v) is 8.90. The number of hydrogen-bond acceptors (Lipinski definition) is 1. The third-order valence-corrected chi connectivity index (χ3v) is 4.55. The van der Waals surface area contributed by atoms with Crippen molar-refractivity contribution in [2.45, 2.75) is 40.0 Å². The van der Waals surface area contributed by atoms with Gasteiger partial charge in [0, 0.05) is 17.1 Å². The molecule has 3 aromatic rings. The maximum Gasteiger partial charge on any atom is 0.0467 e. The maximum absolute atomic E-state index is 2.33. The Bertz CT molecular complexity index is 780. The van der Waals surface area contributed by atoms with E-state index in [0.717, 1.165) is 0 Å². The minimum Gasteiger partial charge on any atom is -0.310 e. The highest BCUT2D eigenvalue weighted by Crippen LogP contribution is 2.38. The van der Waals surface area contributed by atoms with Gasteiger partial charge in [0.25, 0.3) is 0 Å². The molecule has 0 radical (unpaired) electrons. The van der Waals surface area contributed by atoms with Gasteiger partial charge in [0.05, 0.1) is 0 Å². The number of anilines is 3. The highest BCUT2D eigenvalue weighted by molar-refractivity contribution is 5.77. The zero-order chi connectivity index (χ0) is 18.0. The Labute approximate surface area is 151 Å². The Morgan fingerprint density at radius 1 is 0.600 bits per heavy atom. The number of hydrogen-bond donors (Lipinski definition) is 0. The molecule has 0 bridgehead atoms. The number of rotatable bonds is 3. The molecule has 0 aliphatic carbocycles. The second kappa shape index (κ2) is 6.76. The zero-order valence-corrected chi connectivity index (χ0v) is 15.9. The highest BCUT2D eigenvalue weighted by Gasteiger charge is 2.21. The predicted octanol–water partition coefficient (Wildman–Crippen LogP) is 7.07. The summed E-state index contributed by atoms with van der Waals surface area (Å²) < 4.78 is 0. The monoisotopic (exact) mass is 329 g/mol. The van der Waals surface area contributed by atoms with Gasteiger partial charge in [-0.3, -0.25) is 0 Å². The molecule has 0 N–H and O–H groups in total. The first-order chi connectivity index (χ1) is 11.9. The summed E-state index contributed by atoms with van der Waals surface area (Å²) in [6.07, 6.45) is 0. The summed E-state index contributed by atoms with van der Waals surface area (Å²) in [4.78, 5) is 2.33. The van der Waals surface area contributed by atoms with Crippen LogP contribution in [0.4, 0.5) is 17.1 Å². The molecule has 0 saturated heterocycles. The smallest absolute Gasteiger partial charge is 0.0467 e. The van der Waals surface area contributed by atoms with Crippen LogP contribution in [0.25, 0.3) is 0 Å². The molecule has 3 rings (SSSR count). The van der Waals surface area contributed by atoms with E-state index in [1.165, 1.54) is 33.8 Å². The summed E-state index contributed by atoms with van der Waals surface area (Å²) in [6, 6.07) is 25.8. The fourth-order valence-corrected chi connectivity index (χ4v) is 3.85. The Balaban J connectivity index is 2.18. The SMILES string of the molecule is Cc1cc(N(c2ccccc2)c2ccccc2)cc(C)c1C(C)(C)C. The lowest BCUT2D eigenvalue weighted by atomic mass is 9.81. The molecule has 0 atom stereocenters. The Morgan fingerprint density at radius 3 is 1.36 bits per heavy atom. The average Bonchev–Trinajstić information content (AvgIpc) is 2.55. The lowest BCUT2D eigenvalue weighted by Gasteiger charge is -2.30. The van der Waals surface area contributed by atoms with Gasteiger partial charge in [0.2, 0.25) is 0 Å². The maximum atomic E-state index is 2.33. The van der Waals surface area contributed by atoms with E-state index < -0.39 is 0 Å². The molecular weight excluding hydrogens is 302 g/mol. The van der Waals surface area contributed by atoms with Crippen molar-refractivity contribution in [1.29, 1.82) is 0 Å². The molecule has 0 aliphatic rings. The van der Waals surface area contributed by atoms with Gasteiger partial charge in [-0.25, -0.2) is 0 Å². The van der Waals surface area contributed by atoms with Gasteiger partial charge in [0.1, 0.15) is 0 Å². The average molecular weight is 329 g/mol. The second-order valence-electron chi connectivity index (χ2n) is 7.71. The van der Waals surface area contributed by atoms with Gasteiger partial charge >= 0.3 is 0 Å². The van der Waals surface area contributed by atoms with Crippen LogP contribution < -0.4 is 4.90 Å². The molecule has 0 heterocycles. The lowest BCUT2D eigenvalue weighted by molar-refractivity contribution is 0.582. The molecule has 3 aromatic carbocycles. The minimum absolute atomic E-state index is 0.150. The quantitative estimate of drug-likeness (QED) is 0.496. The summed E-state index contributed by atoms with van der Waals surface area (Å²) in [5, 5.41) is 0. The number of benzene rings is 3. The van der Waals surface area contributed by atoms with Crippen LogP contribution in [0.2, 0.25) is 0 Å². The van der Waals surface area contributed by atoms with E-state index >= 15 is 0 Å². The van der Waals surface area contributed by atoms with Crippen molar-refractivity contribution in [3.63, 3.8) is 0 Å². The molecule has 0 aromatic heterocycles. The lowest BCUT2D eigenvalue weighted by Crippen LogP contribution is -2.17. The van der Waals surface area contributed by atoms with Crippen molar-refractivity contribution in [2.24, 2.45) is 0 Å². The Morgan fingerprint density at radius 2 is 1.00 bits per heavy atom. The highest BCUT2D eigenvalue weighted by atomic mass is 15.1. The largest absolute Gasteiger partial charge is 0.310 e. The van der Waals surface area contributed by atoms with E-state index in [0.29, 0.717) is 0 Å². The summed E-state index contributed by atoms with van der Waals surface area (Å²) in [5.74, 6) is 0. The third kappa shape index (κ3) is 3.61. The second-order valence-corrected chi connectivity index (χ2v) is 7.71. The van der Waals surface area contributed by atoms with Crippen molar-refractivity contribution in [3.05, 3.63) is 89.5 Å². The first kappa shape index (κ1) is 17.3. The molecule has 1 nitrogen and oxygen atoms in total. The zero-order valence-electron chi connectivity index (χ0n) is 15.9. The molecule has 0 aliphatic heterocycles. The van der Waals surface area contributed by atoms with Crippen LogP contribution in [-0.4, -0.2) is 0 Å². The van der Waals surface area contributed by atoms with E-state index in [9.17, 15) is 0 Å². The van der Waals surface area contributed by atoms with Crippen LogP contribution >= 0.6 is 0 Å². The van der Waals surface area contributed by atoms with Crippen molar-refractivity contribution in [3.8, 4) is 0 Å². The molecule has 0 unspecified atom stereocenters. The van der Waals surface area contributed by atoms with Crippen LogP contribution in [0.15, 0.2) is 72.8 Å². The van der Waals surface area contributed by atoms with E-state index in [-0.39, 0.29) is 5.41 Å². The van der Waals surface area contributed by atoms with E-state index in [1.807, 2.05) is 0 Å². The standard InChI is InChI=1S/C24H27N/c1-18-16-22(17-19(2)23(18)24(3,4)5)25(20-12-8-6-9-13-20)21-14-10-7-11-15-21/h6-17H,1-5H3. The molecule has 0 saturated carbocycles. The van der Waals surface area contributed by atoms with Gasteiger partial charge in [-0.2, -0.15) is 0 Å². The molecule has 128 valence electrons. The Kier molecular flexibility index (Phi) is 4.67. The summed E-state index contributed by atoms with van der Waals surface area (Å²) >= 11 is 0. The van der Waals surface area contributed by atoms with Crippen molar-refractivity contribution in [1.82, 2.24) is 0 Å². The molecule has 1 heteroatoms. The number of nitrogens with zero attached hydrogens (tertiary/aromatic N) is 1. The van der Waals surface area contributed by atoms with Gasteiger partial charge in [-0.1, -0.05) is 57.2 Å². The first-order valence-electron chi connectivity index (χ1n) is 8.90. The van der Waals surface area contributed by atoms with Crippen LogP contribution in [0.1, 0.15) is 37.5 Å². The van der Waals surface area contributed by atoms with Gasteiger partial charge in [-0.05, 0) is 72.4 Å². The van der Waals surface area contributed by atoms with Crippen molar-refractivity contribution in [2.75, 3.05) is 4.90 Å². The number of aryl methyl sites for hydroxylation is 2. The summed E-state index contributed by atoms with van der Waals surface area (Å²) in [5.41, 5.74) is 7.85. The molecule has 25 heavy (non-hydrogen) atoms. The molecule has 0 amide bonds. The Hall–Kier alpha value is -2.54. The van der Waals surface area contributed by atoms with Crippen LogP contribution in [0.5, 0.6) is 0 Å². The summed E-state index contributed by atoms with van der Waals surface area (Å²) in [6.45, 7) is 11.3. The fraction of sp³-hybridized carbons (Fsp3) is 0.250. The van der Waals surface area contributed by atoms with Gasteiger partial charge in [0.15, 0.2) is 0 Å². The molecule has 0 spiro atoms. The predicted molar refractivity (Wildman–Crippen MR) is 109 cm³/mol. The van der Waals surface area contributed by atoms with Crippen molar-refractivity contribution < 1.29 is 0 Å². The fourth-order valence-electron chi connectivity index (χ4n) is 3.85. The normalized spacial score (nSPS) is 11.4. The van der Waals surface area contributed by atoms with E-state index in [1.54, 1.807) is 0 Å². The van der Waals surface area contributed by atoms with Crippen LogP contribution in [0.3, 0.4) is 0 Å². The topological polar surface area (TPSA) is 3.24 Å². The van der Waals surface area contributed by atoms with Crippen molar-refractivity contribution >= 4 is 17.1 Å².